The van der Waals surface area contributed by atoms with Crippen LogP contribution in [0.3, 0.4) is 0 Å². The first kappa shape index (κ1) is 19.1. The smallest absolute Gasteiger partial charge is 0.289 e. The van der Waals surface area contributed by atoms with Crippen molar-refractivity contribution in [2.45, 2.75) is 39.7 Å². The standard InChI is InChI=1S/C23H30N2O3/c1-17-12-18(2)28-21(17)22(26)25-11-9-23(16-25)8-5-10-24(15-23)14-19-6-4-7-20(13-19)27-3/h4,6-7,12-13H,5,8-11,14-16H2,1-3H3. The molecule has 4 rings (SSSR count). The number of methoxy groups -OCH3 is 1. The van der Waals surface area contributed by atoms with E-state index in [0.29, 0.717) is 5.76 Å². The van der Waals surface area contributed by atoms with E-state index in [4.69, 9.17) is 9.15 Å². The fraction of sp³-hybridized carbons (Fsp3) is 0.522. The van der Waals surface area contributed by atoms with Crippen LogP contribution in [0, 0.1) is 19.3 Å². The maximum absolute atomic E-state index is 13.0. The summed E-state index contributed by atoms with van der Waals surface area (Å²) >= 11 is 0. The zero-order valence-electron chi connectivity index (χ0n) is 17.2. The van der Waals surface area contributed by atoms with Gasteiger partial charge in [-0.3, -0.25) is 9.69 Å². The SMILES string of the molecule is COc1cccc(CN2CCCC3(CCN(C(=O)c4oc(C)cc4C)C3)C2)c1. The summed E-state index contributed by atoms with van der Waals surface area (Å²) in [6.45, 7) is 8.60. The monoisotopic (exact) mass is 382 g/mol. The topological polar surface area (TPSA) is 45.9 Å². The third-order valence-electron chi connectivity index (χ3n) is 6.24. The Labute approximate surface area is 167 Å². The van der Waals surface area contributed by atoms with Gasteiger partial charge in [0.15, 0.2) is 5.76 Å². The number of aryl methyl sites for hydroxylation is 2. The van der Waals surface area contributed by atoms with E-state index in [1.165, 1.54) is 18.4 Å². The van der Waals surface area contributed by atoms with E-state index in [1.807, 2.05) is 30.9 Å². The van der Waals surface area contributed by atoms with Crippen molar-refractivity contribution in [3.63, 3.8) is 0 Å². The predicted octanol–water partition coefficient (Wildman–Crippen LogP) is 4.03. The number of amides is 1. The number of ether oxygens (including phenoxy) is 1. The molecule has 1 aromatic carbocycles. The highest BCUT2D eigenvalue weighted by Crippen LogP contribution is 2.40. The fourth-order valence-corrected chi connectivity index (χ4v) is 4.91. The van der Waals surface area contributed by atoms with Crippen molar-refractivity contribution < 1.29 is 13.9 Å². The second kappa shape index (κ2) is 7.63. The molecule has 150 valence electrons. The van der Waals surface area contributed by atoms with Gasteiger partial charge in [0, 0.05) is 37.2 Å². The van der Waals surface area contributed by atoms with Gasteiger partial charge in [0.2, 0.25) is 0 Å². The van der Waals surface area contributed by atoms with Gasteiger partial charge in [-0.25, -0.2) is 0 Å². The Kier molecular flexibility index (Phi) is 5.19. The lowest BCUT2D eigenvalue weighted by Crippen LogP contribution is -2.45. The maximum atomic E-state index is 13.0. The van der Waals surface area contributed by atoms with Gasteiger partial charge in [-0.2, -0.15) is 0 Å². The Morgan fingerprint density at radius 2 is 2.04 bits per heavy atom. The molecule has 28 heavy (non-hydrogen) atoms. The molecule has 3 heterocycles. The minimum absolute atomic E-state index is 0.0485. The second-order valence-electron chi connectivity index (χ2n) is 8.51. The zero-order chi connectivity index (χ0) is 19.7. The molecule has 1 amide bonds. The van der Waals surface area contributed by atoms with Crippen LogP contribution in [0.25, 0.3) is 0 Å². The predicted molar refractivity (Wildman–Crippen MR) is 109 cm³/mol. The summed E-state index contributed by atoms with van der Waals surface area (Å²) in [7, 11) is 1.71. The number of hydrogen-bond donors (Lipinski definition) is 0. The highest BCUT2D eigenvalue weighted by molar-refractivity contribution is 5.93. The molecule has 2 aromatic rings. The molecule has 0 radical (unpaired) electrons. The molecule has 5 nitrogen and oxygen atoms in total. The first-order chi connectivity index (χ1) is 13.5. The van der Waals surface area contributed by atoms with Crippen molar-refractivity contribution in [1.29, 1.82) is 0 Å². The Morgan fingerprint density at radius 1 is 1.18 bits per heavy atom. The number of furan rings is 1. The van der Waals surface area contributed by atoms with Gasteiger partial charge in [0.1, 0.15) is 11.5 Å². The van der Waals surface area contributed by atoms with Gasteiger partial charge < -0.3 is 14.1 Å². The quantitative estimate of drug-likeness (QED) is 0.801. The number of piperidine rings is 1. The highest BCUT2D eigenvalue weighted by Gasteiger charge is 2.43. The minimum Gasteiger partial charge on any atom is -0.497 e. The van der Waals surface area contributed by atoms with E-state index in [0.717, 1.165) is 56.2 Å². The van der Waals surface area contributed by atoms with E-state index in [9.17, 15) is 4.79 Å². The molecule has 2 fully saturated rings. The van der Waals surface area contributed by atoms with E-state index in [1.54, 1.807) is 7.11 Å². The van der Waals surface area contributed by atoms with E-state index < -0.39 is 0 Å². The van der Waals surface area contributed by atoms with Gasteiger partial charge in [-0.1, -0.05) is 12.1 Å². The van der Waals surface area contributed by atoms with Crippen LogP contribution in [-0.2, 0) is 6.54 Å². The summed E-state index contributed by atoms with van der Waals surface area (Å²) in [5.41, 5.74) is 2.43. The number of carbonyl (C=O) groups excluding carboxylic acids is 1. The average molecular weight is 383 g/mol. The normalized spacial score (nSPS) is 22.8. The molecule has 0 N–H and O–H groups in total. The molecular weight excluding hydrogens is 352 g/mol. The van der Waals surface area contributed by atoms with Crippen LogP contribution in [0.4, 0.5) is 0 Å². The van der Waals surface area contributed by atoms with Crippen LogP contribution in [0.2, 0.25) is 0 Å². The van der Waals surface area contributed by atoms with Crippen molar-refractivity contribution in [3.05, 3.63) is 53.0 Å². The summed E-state index contributed by atoms with van der Waals surface area (Å²) < 4.78 is 11.0. The first-order valence-corrected chi connectivity index (χ1v) is 10.2. The van der Waals surface area contributed by atoms with Crippen molar-refractivity contribution in [2.75, 3.05) is 33.3 Å². The summed E-state index contributed by atoms with van der Waals surface area (Å²) in [6.07, 6.45) is 3.46. The molecule has 1 aromatic heterocycles. The molecule has 2 aliphatic heterocycles. The van der Waals surface area contributed by atoms with Crippen LogP contribution in [0.1, 0.15) is 46.7 Å². The van der Waals surface area contributed by atoms with Gasteiger partial charge in [0.05, 0.1) is 7.11 Å². The van der Waals surface area contributed by atoms with Crippen molar-refractivity contribution in [3.8, 4) is 5.75 Å². The van der Waals surface area contributed by atoms with Crippen LogP contribution in [0.15, 0.2) is 34.7 Å². The van der Waals surface area contributed by atoms with Crippen LogP contribution in [-0.4, -0.2) is 49.0 Å². The zero-order valence-corrected chi connectivity index (χ0v) is 17.2. The summed E-state index contributed by atoms with van der Waals surface area (Å²) in [6, 6.07) is 10.3. The molecule has 1 spiro atoms. The molecular formula is C23H30N2O3. The van der Waals surface area contributed by atoms with Gasteiger partial charge in [-0.05, 0) is 63.4 Å². The van der Waals surface area contributed by atoms with E-state index in [-0.39, 0.29) is 11.3 Å². The molecule has 0 bridgehead atoms. The average Bonchev–Trinajstić information content (AvgIpc) is 3.24. The molecule has 1 atom stereocenters. The fourth-order valence-electron chi connectivity index (χ4n) is 4.91. The highest BCUT2D eigenvalue weighted by atomic mass is 16.5. The first-order valence-electron chi connectivity index (χ1n) is 10.2. The number of hydrogen-bond acceptors (Lipinski definition) is 4. The third-order valence-corrected chi connectivity index (χ3v) is 6.24. The van der Waals surface area contributed by atoms with E-state index >= 15 is 0 Å². The third kappa shape index (κ3) is 3.81. The largest absolute Gasteiger partial charge is 0.497 e. The van der Waals surface area contributed by atoms with E-state index in [2.05, 4.69) is 23.1 Å². The molecule has 2 aliphatic rings. The molecule has 1 unspecified atom stereocenters. The second-order valence-corrected chi connectivity index (χ2v) is 8.51. The van der Waals surface area contributed by atoms with Crippen LogP contribution < -0.4 is 4.74 Å². The number of nitrogens with zero attached hydrogens (tertiary/aromatic N) is 2. The number of likely N-dealkylation sites (tertiary alicyclic amines) is 2. The molecule has 0 saturated carbocycles. The van der Waals surface area contributed by atoms with Crippen LogP contribution >= 0.6 is 0 Å². The summed E-state index contributed by atoms with van der Waals surface area (Å²) in [5.74, 6) is 2.27. The maximum Gasteiger partial charge on any atom is 0.289 e. The van der Waals surface area contributed by atoms with Gasteiger partial charge in [0.25, 0.3) is 5.91 Å². The van der Waals surface area contributed by atoms with Crippen molar-refractivity contribution in [1.82, 2.24) is 9.80 Å². The van der Waals surface area contributed by atoms with Gasteiger partial charge >= 0.3 is 0 Å². The van der Waals surface area contributed by atoms with Crippen LogP contribution in [0.5, 0.6) is 5.75 Å². The van der Waals surface area contributed by atoms with Crippen molar-refractivity contribution >= 4 is 5.91 Å². The Hall–Kier alpha value is -2.27. The van der Waals surface area contributed by atoms with Crippen molar-refractivity contribution in [2.24, 2.45) is 5.41 Å². The van der Waals surface area contributed by atoms with Gasteiger partial charge in [-0.15, -0.1) is 0 Å². The number of benzene rings is 1. The summed E-state index contributed by atoms with van der Waals surface area (Å²) in [4.78, 5) is 17.5. The molecule has 2 saturated heterocycles. The lowest BCUT2D eigenvalue weighted by Gasteiger charge is -2.40. The lowest BCUT2D eigenvalue weighted by molar-refractivity contribution is 0.0649. The number of rotatable bonds is 4. The lowest BCUT2D eigenvalue weighted by atomic mass is 9.79. The summed E-state index contributed by atoms with van der Waals surface area (Å²) in [5, 5.41) is 0. The molecule has 5 heteroatoms. The Balaban J connectivity index is 1.42. The number of carbonyl (C=O) groups is 1. The Bertz CT molecular complexity index is 859. The molecule has 0 aliphatic carbocycles. The minimum atomic E-state index is 0.0485. The Morgan fingerprint density at radius 3 is 2.79 bits per heavy atom.